The number of hydrogen-bond acceptors (Lipinski definition) is 7. The Balaban J connectivity index is 1.56. The Kier molecular flexibility index (Phi) is 5.26. The van der Waals surface area contributed by atoms with Gasteiger partial charge in [-0.25, -0.2) is 0 Å². The SMILES string of the molecule is COc1cc(O)c2c(c1O)C(=O)[C@@H]1C[C@](C)(OCCc3ccccc3)OC[C@@H]1C2=O. The predicted octanol–water partition coefficient (Wildman–Crippen LogP) is 3.11. The molecule has 2 aromatic rings. The van der Waals surface area contributed by atoms with Crippen LogP contribution >= 0.6 is 0 Å². The third kappa shape index (κ3) is 3.44. The number of rotatable bonds is 5. The lowest BCUT2D eigenvalue weighted by atomic mass is 9.70. The summed E-state index contributed by atoms with van der Waals surface area (Å²) in [6.45, 7) is 2.16. The second-order valence-electron chi connectivity index (χ2n) is 7.87. The van der Waals surface area contributed by atoms with Crippen molar-refractivity contribution in [1.29, 1.82) is 0 Å². The molecule has 3 atom stereocenters. The number of carbonyl (C=O) groups is 2. The van der Waals surface area contributed by atoms with E-state index in [1.54, 1.807) is 6.92 Å². The molecule has 0 bridgehead atoms. The van der Waals surface area contributed by atoms with Crippen LogP contribution in [0.15, 0.2) is 36.4 Å². The average molecular weight is 412 g/mol. The molecule has 30 heavy (non-hydrogen) atoms. The maximum atomic E-state index is 13.2. The number of ketones is 2. The monoisotopic (exact) mass is 412 g/mol. The van der Waals surface area contributed by atoms with Gasteiger partial charge in [0.25, 0.3) is 0 Å². The summed E-state index contributed by atoms with van der Waals surface area (Å²) in [5.74, 6) is -4.17. The van der Waals surface area contributed by atoms with Gasteiger partial charge in [-0.3, -0.25) is 9.59 Å². The van der Waals surface area contributed by atoms with E-state index in [1.165, 1.54) is 7.11 Å². The van der Waals surface area contributed by atoms with Crippen molar-refractivity contribution in [2.45, 2.75) is 25.6 Å². The summed E-state index contributed by atoms with van der Waals surface area (Å²) in [6.07, 6.45) is 0.864. The van der Waals surface area contributed by atoms with Crippen LogP contribution in [0.5, 0.6) is 17.2 Å². The van der Waals surface area contributed by atoms with Crippen molar-refractivity contribution in [2.24, 2.45) is 11.8 Å². The predicted molar refractivity (Wildman–Crippen MR) is 107 cm³/mol. The summed E-state index contributed by atoms with van der Waals surface area (Å²) in [5.41, 5.74) is 0.767. The van der Waals surface area contributed by atoms with Gasteiger partial charge in [-0.1, -0.05) is 30.3 Å². The van der Waals surface area contributed by atoms with E-state index in [-0.39, 0.29) is 35.7 Å². The molecule has 1 aliphatic carbocycles. The molecule has 158 valence electrons. The molecule has 0 aromatic heterocycles. The number of carbonyl (C=O) groups excluding carboxylic acids is 2. The normalized spacial score (nSPS) is 25.5. The number of aromatic hydroxyl groups is 2. The molecule has 7 nitrogen and oxygen atoms in total. The molecule has 4 rings (SSSR count). The summed E-state index contributed by atoms with van der Waals surface area (Å²) < 4.78 is 16.9. The van der Waals surface area contributed by atoms with Crippen LogP contribution in [-0.4, -0.2) is 47.9 Å². The minimum Gasteiger partial charge on any atom is -0.507 e. The first-order valence-corrected chi connectivity index (χ1v) is 9.88. The van der Waals surface area contributed by atoms with Gasteiger partial charge in [0.2, 0.25) is 0 Å². The second-order valence-corrected chi connectivity index (χ2v) is 7.87. The highest BCUT2D eigenvalue weighted by Gasteiger charge is 2.51. The number of ether oxygens (including phenoxy) is 3. The Morgan fingerprint density at radius 1 is 1.10 bits per heavy atom. The molecule has 2 aliphatic rings. The highest BCUT2D eigenvalue weighted by atomic mass is 16.7. The topological polar surface area (TPSA) is 102 Å². The molecule has 1 saturated heterocycles. The molecule has 0 saturated carbocycles. The maximum absolute atomic E-state index is 13.2. The van der Waals surface area contributed by atoms with Crippen LogP contribution in [0.2, 0.25) is 0 Å². The van der Waals surface area contributed by atoms with E-state index in [9.17, 15) is 19.8 Å². The number of phenolic OH excluding ortho intramolecular Hbond substituents is 2. The molecule has 1 heterocycles. The second kappa shape index (κ2) is 7.74. The van der Waals surface area contributed by atoms with Gasteiger partial charge in [0.05, 0.1) is 37.4 Å². The van der Waals surface area contributed by atoms with Crippen LogP contribution < -0.4 is 4.74 Å². The number of hydrogen-bond donors (Lipinski definition) is 2. The first-order chi connectivity index (χ1) is 14.3. The van der Waals surface area contributed by atoms with Gasteiger partial charge in [0.1, 0.15) is 5.75 Å². The summed E-state index contributed by atoms with van der Waals surface area (Å²) in [7, 11) is 1.31. The van der Waals surface area contributed by atoms with Crippen LogP contribution in [0.4, 0.5) is 0 Å². The van der Waals surface area contributed by atoms with Crippen LogP contribution in [0, 0.1) is 11.8 Å². The van der Waals surface area contributed by atoms with Crippen molar-refractivity contribution >= 4 is 11.6 Å². The number of benzene rings is 2. The zero-order chi connectivity index (χ0) is 21.5. The minimum absolute atomic E-state index is 0.00273. The molecule has 0 unspecified atom stereocenters. The fourth-order valence-electron chi connectivity index (χ4n) is 4.30. The fourth-order valence-corrected chi connectivity index (χ4v) is 4.30. The largest absolute Gasteiger partial charge is 0.507 e. The number of fused-ring (bicyclic) bond motifs is 2. The zero-order valence-electron chi connectivity index (χ0n) is 16.9. The van der Waals surface area contributed by atoms with E-state index in [4.69, 9.17) is 14.2 Å². The van der Waals surface area contributed by atoms with E-state index < -0.39 is 34.9 Å². The highest BCUT2D eigenvalue weighted by Crippen LogP contribution is 2.48. The molecule has 0 spiro atoms. The molecule has 2 N–H and O–H groups in total. The standard InChI is InChI=1S/C23H24O7/c1-23(29-9-8-13-6-4-3-5-7-13)11-14-15(12-30-23)21(26)18-16(24)10-17(28-2)22(27)19(18)20(14)25/h3-7,10,14-15,24,27H,8-9,11-12H2,1-2H3/t14-,15+,23-/m1/s1. The van der Waals surface area contributed by atoms with Gasteiger partial charge in [0.15, 0.2) is 28.9 Å². The van der Waals surface area contributed by atoms with Gasteiger partial charge < -0.3 is 24.4 Å². The Labute approximate surface area is 174 Å². The van der Waals surface area contributed by atoms with Crippen molar-refractivity contribution < 1.29 is 34.0 Å². The summed E-state index contributed by atoms with van der Waals surface area (Å²) >= 11 is 0. The summed E-state index contributed by atoms with van der Waals surface area (Å²) in [6, 6.07) is 11.0. The van der Waals surface area contributed by atoms with Gasteiger partial charge in [0, 0.05) is 18.4 Å². The van der Waals surface area contributed by atoms with E-state index in [1.807, 2.05) is 30.3 Å². The van der Waals surface area contributed by atoms with Gasteiger partial charge >= 0.3 is 0 Å². The Morgan fingerprint density at radius 3 is 2.50 bits per heavy atom. The number of phenols is 2. The molecule has 0 radical (unpaired) electrons. The molecule has 2 aromatic carbocycles. The van der Waals surface area contributed by atoms with Gasteiger partial charge in [-0.2, -0.15) is 0 Å². The van der Waals surface area contributed by atoms with Crippen LogP contribution in [0.1, 0.15) is 39.6 Å². The third-order valence-electron chi connectivity index (χ3n) is 5.92. The lowest BCUT2D eigenvalue weighted by Crippen LogP contribution is -2.51. The maximum Gasteiger partial charge on any atom is 0.173 e. The van der Waals surface area contributed by atoms with E-state index in [0.29, 0.717) is 13.0 Å². The van der Waals surface area contributed by atoms with Crippen molar-refractivity contribution in [1.82, 2.24) is 0 Å². The summed E-state index contributed by atoms with van der Waals surface area (Å²) in [5, 5.41) is 20.7. The molecule has 0 amide bonds. The molecule has 1 fully saturated rings. The fraction of sp³-hybridized carbons (Fsp3) is 0.391. The Hall–Kier alpha value is -2.90. The number of methoxy groups -OCH3 is 1. The Bertz CT molecular complexity index is 985. The smallest absolute Gasteiger partial charge is 0.173 e. The molecular weight excluding hydrogens is 388 g/mol. The lowest BCUT2D eigenvalue weighted by molar-refractivity contribution is -0.256. The van der Waals surface area contributed by atoms with Crippen LogP contribution in [0.3, 0.4) is 0 Å². The minimum atomic E-state index is -1.03. The molecular formula is C23H24O7. The quantitative estimate of drug-likeness (QED) is 0.728. The lowest BCUT2D eigenvalue weighted by Gasteiger charge is -2.43. The molecule has 1 aliphatic heterocycles. The molecule has 7 heteroatoms. The van der Waals surface area contributed by atoms with Crippen LogP contribution in [0.25, 0.3) is 0 Å². The van der Waals surface area contributed by atoms with Gasteiger partial charge in [-0.05, 0) is 18.9 Å². The van der Waals surface area contributed by atoms with Crippen molar-refractivity contribution in [3.8, 4) is 17.2 Å². The highest BCUT2D eigenvalue weighted by molar-refractivity contribution is 6.19. The van der Waals surface area contributed by atoms with E-state index in [2.05, 4.69) is 0 Å². The van der Waals surface area contributed by atoms with E-state index in [0.717, 1.165) is 11.6 Å². The average Bonchev–Trinajstić information content (AvgIpc) is 2.74. The van der Waals surface area contributed by atoms with Gasteiger partial charge in [-0.15, -0.1) is 0 Å². The van der Waals surface area contributed by atoms with Crippen molar-refractivity contribution in [2.75, 3.05) is 20.3 Å². The third-order valence-corrected chi connectivity index (χ3v) is 5.92. The van der Waals surface area contributed by atoms with Crippen LogP contribution in [-0.2, 0) is 15.9 Å². The zero-order valence-corrected chi connectivity index (χ0v) is 16.9. The summed E-state index contributed by atoms with van der Waals surface area (Å²) in [4.78, 5) is 26.2. The number of Topliss-reactive ketones (excluding diaryl/α,β-unsaturated/α-hetero) is 2. The first kappa shape index (κ1) is 20.4. The van der Waals surface area contributed by atoms with E-state index >= 15 is 0 Å². The van der Waals surface area contributed by atoms with Crippen molar-refractivity contribution in [3.05, 3.63) is 53.1 Å². The first-order valence-electron chi connectivity index (χ1n) is 9.88. The Morgan fingerprint density at radius 2 is 1.80 bits per heavy atom. The van der Waals surface area contributed by atoms with Crippen molar-refractivity contribution in [3.63, 3.8) is 0 Å².